The third-order valence-corrected chi connectivity index (χ3v) is 7.42. The van der Waals surface area contributed by atoms with E-state index >= 15 is 0 Å². The lowest BCUT2D eigenvalue weighted by molar-refractivity contribution is -0.140. The zero-order valence-corrected chi connectivity index (χ0v) is 20.4. The number of amides is 3. The van der Waals surface area contributed by atoms with Crippen LogP contribution < -0.4 is 10.6 Å². The summed E-state index contributed by atoms with van der Waals surface area (Å²) in [5.74, 6) is -2.03. The number of anilines is 1. The first-order valence-electron chi connectivity index (χ1n) is 12.6. The summed E-state index contributed by atoms with van der Waals surface area (Å²) in [7, 11) is 1.59. The molecule has 7 heteroatoms. The molecule has 1 aliphatic heterocycles. The minimum Gasteiger partial charge on any atom is -0.396 e. The predicted octanol–water partition coefficient (Wildman–Crippen LogP) is 3.34. The SMILES string of the molecule is CNC(=O)[C@H]1[C@@H]2C(=O)N(CCCCCCO)[C@H](C(=O)Nc3ccc4ccccc4c3)[C@H]2C=C[C@H]1C. The van der Waals surface area contributed by atoms with E-state index in [4.69, 9.17) is 5.11 Å². The first kappa shape index (κ1) is 24.9. The molecule has 0 saturated carbocycles. The fourth-order valence-electron chi connectivity index (χ4n) is 5.63. The molecule has 186 valence electrons. The molecule has 7 nitrogen and oxygen atoms in total. The van der Waals surface area contributed by atoms with Crippen LogP contribution in [0.15, 0.2) is 54.6 Å². The smallest absolute Gasteiger partial charge is 0.247 e. The van der Waals surface area contributed by atoms with Gasteiger partial charge in [-0.15, -0.1) is 0 Å². The number of rotatable bonds is 9. The van der Waals surface area contributed by atoms with Crippen LogP contribution in [0.3, 0.4) is 0 Å². The van der Waals surface area contributed by atoms with Gasteiger partial charge in [-0.1, -0.05) is 62.2 Å². The number of nitrogens with one attached hydrogen (secondary N) is 2. The molecular weight excluding hydrogens is 442 g/mol. The molecule has 5 atom stereocenters. The van der Waals surface area contributed by atoms with Crippen LogP contribution in [-0.2, 0) is 14.4 Å². The standard InChI is InChI=1S/C28H35N3O4/c1-18-11-14-22-24(23(18)26(33)29-2)28(35)31(15-7-3-4-8-16-32)25(22)27(34)30-21-13-12-19-9-5-6-10-20(19)17-21/h5-6,9-14,17-18,22-25,32H,3-4,7-8,15-16H2,1-2H3,(H,29,33)(H,30,34)/t18-,22+,23-,24-,25+/m1/s1. The molecule has 3 amide bonds. The van der Waals surface area contributed by atoms with Gasteiger partial charge in [0.25, 0.3) is 0 Å². The number of allylic oxidation sites excluding steroid dienone is 1. The van der Waals surface area contributed by atoms with Gasteiger partial charge in [0, 0.05) is 31.8 Å². The molecular formula is C28H35N3O4. The molecule has 35 heavy (non-hydrogen) atoms. The molecule has 1 heterocycles. The summed E-state index contributed by atoms with van der Waals surface area (Å²) in [4.78, 5) is 41.8. The molecule has 0 spiro atoms. The second-order valence-electron chi connectivity index (χ2n) is 9.65. The highest BCUT2D eigenvalue weighted by atomic mass is 16.3. The maximum atomic E-state index is 13.7. The lowest BCUT2D eigenvalue weighted by Gasteiger charge is -2.32. The zero-order chi connectivity index (χ0) is 24.9. The van der Waals surface area contributed by atoms with Crippen LogP contribution in [-0.4, -0.2) is 54.0 Å². The van der Waals surface area contributed by atoms with E-state index in [2.05, 4.69) is 10.6 Å². The Labute approximate surface area is 206 Å². The number of aliphatic hydroxyl groups is 1. The molecule has 0 aromatic heterocycles. The maximum Gasteiger partial charge on any atom is 0.247 e. The number of carbonyl (C=O) groups is 3. The van der Waals surface area contributed by atoms with Crippen LogP contribution in [0.4, 0.5) is 5.69 Å². The van der Waals surface area contributed by atoms with Crippen LogP contribution in [0.25, 0.3) is 10.8 Å². The van der Waals surface area contributed by atoms with Crippen molar-refractivity contribution < 1.29 is 19.5 Å². The summed E-state index contributed by atoms with van der Waals surface area (Å²) in [6, 6.07) is 13.1. The Morgan fingerprint density at radius 2 is 1.71 bits per heavy atom. The Morgan fingerprint density at radius 3 is 2.46 bits per heavy atom. The van der Waals surface area contributed by atoms with E-state index in [0.717, 1.165) is 36.5 Å². The molecule has 1 fully saturated rings. The highest BCUT2D eigenvalue weighted by molar-refractivity contribution is 6.02. The van der Waals surface area contributed by atoms with Crippen molar-refractivity contribution in [1.29, 1.82) is 0 Å². The highest BCUT2D eigenvalue weighted by Gasteiger charge is 2.56. The molecule has 3 N–H and O–H groups in total. The fourth-order valence-corrected chi connectivity index (χ4v) is 5.63. The van der Waals surface area contributed by atoms with E-state index in [9.17, 15) is 14.4 Å². The van der Waals surface area contributed by atoms with Gasteiger partial charge in [0.05, 0.1) is 11.8 Å². The first-order valence-corrected chi connectivity index (χ1v) is 12.6. The number of nitrogens with zero attached hydrogens (tertiary/aromatic N) is 1. The Bertz CT molecular complexity index is 1110. The van der Waals surface area contributed by atoms with Gasteiger partial charge in [-0.25, -0.2) is 0 Å². The molecule has 0 bridgehead atoms. The Balaban J connectivity index is 1.60. The van der Waals surface area contributed by atoms with E-state index in [-0.39, 0.29) is 36.2 Å². The number of hydrogen-bond acceptors (Lipinski definition) is 4. The predicted molar refractivity (Wildman–Crippen MR) is 136 cm³/mol. The fraction of sp³-hybridized carbons (Fsp3) is 0.464. The van der Waals surface area contributed by atoms with Crippen molar-refractivity contribution in [2.75, 3.05) is 25.5 Å². The van der Waals surface area contributed by atoms with Crippen molar-refractivity contribution >= 4 is 34.2 Å². The van der Waals surface area contributed by atoms with E-state index in [1.165, 1.54) is 0 Å². The minimum absolute atomic E-state index is 0.0890. The van der Waals surface area contributed by atoms with Gasteiger partial charge in [0.2, 0.25) is 17.7 Å². The summed E-state index contributed by atoms with van der Waals surface area (Å²) in [6.45, 7) is 2.55. The molecule has 2 aromatic rings. The summed E-state index contributed by atoms with van der Waals surface area (Å²) < 4.78 is 0. The van der Waals surface area contributed by atoms with Crippen molar-refractivity contribution in [1.82, 2.24) is 10.2 Å². The summed E-state index contributed by atoms with van der Waals surface area (Å²) in [6.07, 6.45) is 7.14. The second kappa shape index (κ2) is 11.0. The van der Waals surface area contributed by atoms with Gasteiger partial charge in [-0.3, -0.25) is 14.4 Å². The quantitative estimate of drug-likeness (QED) is 0.381. The number of hydrogen-bond donors (Lipinski definition) is 3. The van der Waals surface area contributed by atoms with Gasteiger partial charge in [0.1, 0.15) is 6.04 Å². The number of aliphatic hydroxyl groups excluding tert-OH is 1. The second-order valence-corrected chi connectivity index (χ2v) is 9.65. The zero-order valence-electron chi connectivity index (χ0n) is 20.4. The number of likely N-dealkylation sites (tertiary alicyclic amines) is 1. The topological polar surface area (TPSA) is 98.7 Å². The summed E-state index contributed by atoms with van der Waals surface area (Å²) in [5.41, 5.74) is 0.684. The Kier molecular flexibility index (Phi) is 7.86. The van der Waals surface area contributed by atoms with Crippen LogP contribution in [0.5, 0.6) is 0 Å². The Hall–Kier alpha value is -3.19. The molecule has 4 rings (SSSR count). The third-order valence-electron chi connectivity index (χ3n) is 7.42. The van der Waals surface area contributed by atoms with Crippen molar-refractivity contribution in [3.63, 3.8) is 0 Å². The number of unbranched alkanes of at least 4 members (excludes halogenated alkanes) is 3. The van der Waals surface area contributed by atoms with E-state index in [1.807, 2.05) is 61.5 Å². The Morgan fingerprint density at radius 1 is 0.971 bits per heavy atom. The van der Waals surface area contributed by atoms with Gasteiger partial charge in [-0.05, 0) is 41.7 Å². The average Bonchev–Trinajstić information content (AvgIpc) is 3.14. The van der Waals surface area contributed by atoms with Gasteiger partial charge < -0.3 is 20.6 Å². The molecule has 1 saturated heterocycles. The number of benzene rings is 2. The molecule has 0 radical (unpaired) electrons. The molecule has 0 unspecified atom stereocenters. The average molecular weight is 478 g/mol. The lowest BCUT2D eigenvalue weighted by Crippen LogP contribution is -2.45. The monoisotopic (exact) mass is 477 g/mol. The molecule has 2 aromatic carbocycles. The van der Waals surface area contributed by atoms with Gasteiger partial charge in [0.15, 0.2) is 0 Å². The molecule has 1 aliphatic carbocycles. The maximum absolute atomic E-state index is 13.7. The first-order chi connectivity index (χ1) is 17.0. The van der Waals surface area contributed by atoms with Crippen LogP contribution in [0, 0.1) is 23.7 Å². The van der Waals surface area contributed by atoms with E-state index in [0.29, 0.717) is 12.2 Å². The van der Waals surface area contributed by atoms with Crippen LogP contribution in [0.2, 0.25) is 0 Å². The van der Waals surface area contributed by atoms with Gasteiger partial charge in [-0.2, -0.15) is 0 Å². The normalized spacial score (nSPS) is 25.5. The van der Waals surface area contributed by atoms with Gasteiger partial charge >= 0.3 is 0 Å². The largest absolute Gasteiger partial charge is 0.396 e. The van der Waals surface area contributed by atoms with E-state index < -0.39 is 17.9 Å². The highest BCUT2D eigenvalue weighted by Crippen LogP contribution is 2.44. The van der Waals surface area contributed by atoms with Crippen molar-refractivity contribution in [2.24, 2.45) is 23.7 Å². The molecule has 2 aliphatic rings. The third kappa shape index (κ3) is 5.10. The summed E-state index contributed by atoms with van der Waals surface area (Å²) in [5, 5.41) is 16.9. The number of carbonyl (C=O) groups excluding carboxylic acids is 3. The van der Waals surface area contributed by atoms with Crippen LogP contribution in [0.1, 0.15) is 32.6 Å². The number of fused-ring (bicyclic) bond motifs is 2. The summed E-state index contributed by atoms with van der Waals surface area (Å²) >= 11 is 0. The van der Waals surface area contributed by atoms with Crippen molar-refractivity contribution in [3.05, 3.63) is 54.6 Å². The minimum atomic E-state index is -0.673. The van der Waals surface area contributed by atoms with E-state index in [1.54, 1.807) is 11.9 Å². The van der Waals surface area contributed by atoms with Crippen LogP contribution >= 0.6 is 0 Å². The van der Waals surface area contributed by atoms with Crippen molar-refractivity contribution in [2.45, 2.75) is 38.6 Å². The lowest BCUT2D eigenvalue weighted by atomic mass is 9.70. The van der Waals surface area contributed by atoms with Crippen molar-refractivity contribution in [3.8, 4) is 0 Å².